The van der Waals surface area contributed by atoms with Gasteiger partial charge in [-0.15, -0.1) is 0 Å². The predicted molar refractivity (Wildman–Crippen MR) is 215 cm³/mol. The minimum atomic E-state index is 0.906. The lowest BCUT2D eigenvalue weighted by atomic mass is 9.83. The third kappa shape index (κ3) is 4.08. The zero-order valence-electron chi connectivity index (χ0n) is 27.6. The monoisotopic (exact) mass is 647 g/mol. The van der Waals surface area contributed by atoms with E-state index in [4.69, 9.17) is 9.40 Å². The van der Waals surface area contributed by atoms with Crippen molar-refractivity contribution in [1.82, 2.24) is 4.98 Å². The molecule has 9 aromatic carbocycles. The van der Waals surface area contributed by atoms with Crippen LogP contribution in [0, 0.1) is 0 Å². The van der Waals surface area contributed by atoms with E-state index < -0.39 is 0 Å². The Morgan fingerprint density at radius 1 is 0.353 bits per heavy atom. The van der Waals surface area contributed by atoms with E-state index in [0.717, 1.165) is 49.7 Å². The summed E-state index contributed by atoms with van der Waals surface area (Å²) in [5.74, 6) is 0. The lowest BCUT2D eigenvalue weighted by molar-refractivity contribution is 0.670. The van der Waals surface area contributed by atoms with E-state index in [1.54, 1.807) is 0 Å². The van der Waals surface area contributed by atoms with Crippen LogP contribution in [0.5, 0.6) is 0 Å². The van der Waals surface area contributed by atoms with Crippen LogP contribution in [0.3, 0.4) is 0 Å². The Balaban J connectivity index is 1.32. The molecule has 0 bridgehead atoms. The van der Waals surface area contributed by atoms with Crippen LogP contribution in [0.2, 0.25) is 0 Å². The van der Waals surface area contributed by atoms with Crippen LogP contribution in [0.1, 0.15) is 0 Å². The van der Waals surface area contributed by atoms with E-state index in [0.29, 0.717) is 0 Å². The van der Waals surface area contributed by atoms with Crippen molar-refractivity contribution in [2.75, 3.05) is 0 Å². The van der Waals surface area contributed by atoms with Crippen LogP contribution in [0.4, 0.5) is 0 Å². The van der Waals surface area contributed by atoms with Crippen LogP contribution < -0.4 is 0 Å². The van der Waals surface area contributed by atoms with Gasteiger partial charge in [-0.2, -0.15) is 0 Å². The molecule has 0 fully saturated rings. The van der Waals surface area contributed by atoms with Crippen LogP contribution in [-0.2, 0) is 0 Å². The zero-order chi connectivity index (χ0) is 33.5. The first-order valence-corrected chi connectivity index (χ1v) is 17.5. The third-order valence-corrected chi connectivity index (χ3v) is 10.6. The summed E-state index contributed by atoms with van der Waals surface area (Å²) in [5, 5.41) is 13.1. The highest BCUT2D eigenvalue weighted by molar-refractivity contribution is 6.30. The molecule has 2 heteroatoms. The average molecular weight is 648 g/mol. The van der Waals surface area contributed by atoms with E-state index in [-0.39, 0.29) is 0 Å². The number of fused-ring (bicyclic) bond motifs is 10. The zero-order valence-corrected chi connectivity index (χ0v) is 27.6. The van der Waals surface area contributed by atoms with Crippen molar-refractivity contribution in [3.8, 4) is 33.5 Å². The fourth-order valence-electron chi connectivity index (χ4n) is 8.49. The van der Waals surface area contributed by atoms with Gasteiger partial charge in [0.1, 0.15) is 11.2 Å². The van der Waals surface area contributed by atoms with Gasteiger partial charge in [-0.1, -0.05) is 158 Å². The number of benzene rings is 9. The maximum Gasteiger partial charge on any atom is 0.143 e. The van der Waals surface area contributed by atoms with Crippen molar-refractivity contribution in [2.45, 2.75) is 0 Å². The second-order valence-corrected chi connectivity index (χ2v) is 13.4. The maximum atomic E-state index is 6.64. The standard InChI is InChI=1S/C49H29NO/c1-2-15-30(16-3-1)48-42-29-41(31-17-4-5-19-33(31)47(42)39-24-10-12-27-43(39)50-48)46-36-22-8-6-20-34(36)45(35-21-7-9-23-37(35)46)40-26-14-25-38-32-18-11-13-28-44(32)51-49(38)40/h1-29H. The molecule has 0 radical (unpaired) electrons. The van der Waals surface area contributed by atoms with Gasteiger partial charge in [-0.3, -0.25) is 0 Å². The van der Waals surface area contributed by atoms with Gasteiger partial charge in [0.05, 0.1) is 11.2 Å². The highest BCUT2D eigenvalue weighted by atomic mass is 16.3. The highest BCUT2D eigenvalue weighted by Gasteiger charge is 2.23. The lowest BCUT2D eigenvalue weighted by Gasteiger charge is -2.20. The second-order valence-electron chi connectivity index (χ2n) is 13.4. The van der Waals surface area contributed by atoms with Crippen molar-refractivity contribution >= 4 is 75.9 Å². The van der Waals surface area contributed by atoms with Crippen LogP contribution >= 0.6 is 0 Å². The van der Waals surface area contributed by atoms with E-state index >= 15 is 0 Å². The van der Waals surface area contributed by atoms with E-state index in [1.807, 2.05) is 6.07 Å². The summed E-state index contributed by atoms with van der Waals surface area (Å²) in [6, 6.07) is 63.1. The number of aromatic nitrogens is 1. The second kappa shape index (κ2) is 10.9. The van der Waals surface area contributed by atoms with Crippen LogP contribution in [0.25, 0.3) is 109 Å². The molecule has 2 heterocycles. The Morgan fingerprint density at radius 2 is 0.882 bits per heavy atom. The molecule has 0 aliphatic carbocycles. The quantitative estimate of drug-likeness (QED) is 0.141. The average Bonchev–Trinajstić information content (AvgIpc) is 3.59. The number of nitrogens with zero attached hydrogens (tertiary/aromatic N) is 1. The Kier molecular flexibility index (Phi) is 5.99. The summed E-state index contributed by atoms with van der Waals surface area (Å²) >= 11 is 0. The van der Waals surface area contributed by atoms with Gasteiger partial charge < -0.3 is 4.42 Å². The summed E-state index contributed by atoms with van der Waals surface area (Å²) in [6.07, 6.45) is 0. The molecule has 0 aliphatic rings. The number of hydrogen-bond acceptors (Lipinski definition) is 2. The molecule has 0 unspecified atom stereocenters. The number of rotatable bonds is 3. The number of para-hydroxylation sites is 3. The van der Waals surface area contributed by atoms with Gasteiger partial charge in [0.25, 0.3) is 0 Å². The molecular weight excluding hydrogens is 619 g/mol. The van der Waals surface area contributed by atoms with Crippen molar-refractivity contribution < 1.29 is 4.42 Å². The van der Waals surface area contributed by atoms with Crippen molar-refractivity contribution in [3.63, 3.8) is 0 Å². The SMILES string of the molecule is c1ccc(-c2nc3ccccc3c3c2cc(-c2c4ccccc4c(-c4cccc5c4oc4ccccc45)c4ccccc24)c2ccccc23)cc1. The Morgan fingerprint density at radius 3 is 1.59 bits per heavy atom. The number of furan rings is 1. The predicted octanol–water partition coefficient (Wildman–Crippen LogP) is 13.7. The molecule has 2 nitrogen and oxygen atoms in total. The molecule has 0 saturated carbocycles. The van der Waals surface area contributed by atoms with E-state index in [9.17, 15) is 0 Å². The van der Waals surface area contributed by atoms with Crippen molar-refractivity contribution in [3.05, 3.63) is 176 Å². The van der Waals surface area contributed by atoms with Gasteiger partial charge in [-0.05, 0) is 61.6 Å². The molecule has 236 valence electrons. The molecule has 0 spiro atoms. The van der Waals surface area contributed by atoms with E-state index in [2.05, 4.69) is 170 Å². The smallest absolute Gasteiger partial charge is 0.143 e. The molecular formula is C49H29NO. The first-order chi connectivity index (χ1) is 25.3. The summed E-state index contributed by atoms with van der Waals surface area (Å²) in [5.41, 5.74) is 9.66. The molecule has 11 rings (SSSR count). The molecule has 0 saturated heterocycles. The largest absolute Gasteiger partial charge is 0.455 e. The molecule has 51 heavy (non-hydrogen) atoms. The number of pyridine rings is 1. The molecule has 0 aliphatic heterocycles. The van der Waals surface area contributed by atoms with Gasteiger partial charge in [-0.25, -0.2) is 4.98 Å². The Hall–Kier alpha value is -6.77. The van der Waals surface area contributed by atoms with Crippen LogP contribution in [0.15, 0.2) is 180 Å². The van der Waals surface area contributed by atoms with Gasteiger partial charge in [0, 0.05) is 43.6 Å². The fraction of sp³-hybridized carbons (Fsp3) is 0. The topological polar surface area (TPSA) is 26.0 Å². The summed E-state index contributed by atoms with van der Waals surface area (Å²) in [4.78, 5) is 5.33. The van der Waals surface area contributed by atoms with Gasteiger partial charge in [0.15, 0.2) is 0 Å². The van der Waals surface area contributed by atoms with Gasteiger partial charge >= 0.3 is 0 Å². The van der Waals surface area contributed by atoms with Crippen LogP contribution in [-0.4, -0.2) is 4.98 Å². The molecule has 0 amide bonds. The Bertz CT molecular complexity index is 3130. The fourth-order valence-corrected chi connectivity index (χ4v) is 8.49. The molecule has 2 aromatic heterocycles. The summed E-state index contributed by atoms with van der Waals surface area (Å²) < 4.78 is 6.64. The molecule has 0 N–H and O–H groups in total. The molecule has 11 aromatic rings. The lowest BCUT2D eigenvalue weighted by Crippen LogP contribution is -1.95. The van der Waals surface area contributed by atoms with Gasteiger partial charge in [0.2, 0.25) is 0 Å². The Labute approximate surface area is 293 Å². The van der Waals surface area contributed by atoms with Crippen molar-refractivity contribution in [2.24, 2.45) is 0 Å². The summed E-state index contributed by atoms with van der Waals surface area (Å²) in [6.45, 7) is 0. The van der Waals surface area contributed by atoms with E-state index in [1.165, 1.54) is 59.8 Å². The summed E-state index contributed by atoms with van der Waals surface area (Å²) in [7, 11) is 0. The highest BCUT2D eigenvalue weighted by Crippen LogP contribution is 2.49. The number of hydrogen-bond donors (Lipinski definition) is 0. The minimum Gasteiger partial charge on any atom is -0.455 e. The third-order valence-electron chi connectivity index (χ3n) is 10.6. The minimum absolute atomic E-state index is 0.906. The van der Waals surface area contributed by atoms with Crippen molar-refractivity contribution in [1.29, 1.82) is 0 Å². The first kappa shape index (κ1) is 28.1. The first-order valence-electron chi connectivity index (χ1n) is 17.5. The maximum absolute atomic E-state index is 6.64. The normalized spacial score (nSPS) is 11.9. The molecule has 0 atom stereocenters.